The van der Waals surface area contributed by atoms with Crippen LogP contribution in [0.1, 0.15) is 32.6 Å². The molecule has 0 aliphatic heterocycles. The van der Waals surface area contributed by atoms with Gasteiger partial charge in [0, 0.05) is 11.6 Å². The molecule has 0 unspecified atom stereocenters. The third-order valence-electron chi connectivity index (χ3n) is 5.92. The van der Waals surface area contributed by atoms with E-state index in [2.05, 4.69) is 0 Å². The molecule has 0 fully saturated rings. The Hall–Kier alpha value is -4.22. The Balaban J connectivity index is 1.80. The van der Waals surface area contributed by atoms with Crippen LogP contribution in [-0.2, 0) is 26.8 Å². The molecule has 40 heavy (non-hydrogen) atoms. The van der Waals surface area contributed by atoms with Crippen LogP contribution in [-0.4, -0.2) is 23.1 Å². The summed E-state index contributed by atoms with van der Waals surface area (Å²) in [6.45, 7) is 4.87. The number of rotatable bonds is 10. The molecule has 0 atom stereocenters. The molecule has 0 heterocycles. The molecule has 0 aromatic heterocycles. The first-order valence-electron chi connectivity index (χ1n) is 11.9. The second-order valence-electron chi connectivity index (χ2n) is 8.97. The van der Waals surface area contributed by atoms with E-state index >= 15 is 0 Å². The second-order valence-corrected chi connectivity index (χ2v) is 12.1. The lowest BCUT2D eigenvalue weighted by Crippen LogP contribution is -2.14. The van der Waals surface area contributed by atoms with Crippen molar-refractivity contribution in [2.45, 2.75) is 37.2 Å². The minimum Gasteiger partial charge on any atom is -0.488 e. The Morgan fingerprint density at radius 3 is 1.65 bits per heavy atom. The molecule has 0 saturated carbocycles. The summed E-state index contributed by atoms with van der Waals surface area (Å²) in [4.78, 5) is 11.9. The van der Waals surface area contributed by atoms with Crippen LogP contribution in [0, 0.1) is 26.6 Å². The van der Waals surface area contributed by atoms with Crippen molar-refractivity contribution in [3.05, 3.63) is 112 Å². The molecule has 0 aliphatic carbocycles. The summed E-state index contributed by atoms with van der Waals surface area (Å²) in [5, 5.41) is 0. The molecule has 4 rings (SSSR count). The highest BCUT2D eigenvalue weighted by Crippen LogP contribution is 2.40. The lowest BCUT2D eigenvalue weighted by Gasteiger charge is -2.19. The molecule has 0 radical (unpaired) electrons. The van der Waals surface area contributed by atoms with Gasteiger partial charge in [-0.15, -0.1) is 0 Å². The van der Waals surface area contributed by atoms with Gasteiger partial charge in [-0.2, -0.15) is 16.8 Å². The SMILES string of the molecule is Cc1ccc(S(=O)(=O)Oc2cc(OS(=O)(=O)c3ccc(C)cc3)c(C=O)c(OCc3ccc(F)cc3)c2C)cc1. The summed E-state index contributed by atoms with van der Waals surface area (Å²) < 4.78 is 82.2. The lowest BCUT2D eigenvalue weighted by molar-refractivity contribution is 0.111. The molecule has 208 valence electrons. The summed E-state index contributed by atoms with van der Waals surface area (Å²) in [5.41, 5.74) is 2.00. The molecule has 8 nitrogen and oxygen atoms in total. The Labute approximate surface area is 232 Å². The highest BCUT2D eigenvalue weighted by Gasteiger charge is 2.27. The van der Waals surface area contributed by atoms with E-state index in [1.54, 1.807) is 38.1 Å². The van der Waals surface area contributed by atoms with E-state index in [9.17, 15) is 26.0 Å². The van der Waals surface area contributed by atoms with Gasteiger partial charge in [0.2, 0.25) is 0 Å². The maximum atomic E-state index is 13.3. The summed E-state index contributed by atoms with van der Waals surface area (Å²) in [6.07, 6.45) is 0.339. The first kappa shape index (κ1) is 28.8. The van der Waals surface area contributed by atoms with Crippen molar-refractivity contribution in [2.24, 2.45) is 0 Å². The smallest absolute Gasteiger partial charge is 0.339 e. The van der Waals surface area contributed by atoms with Crippen molar-refractivity contribution in [3.63, 3.8) is 0 Å². The van der Waals surface area contributed by atoms with Crippen LogP contribution in [0.4, 0.5) is 4.39 Å². The van der Waals surface area contributed by atoms with Crippen LogP contribution >= 0.6 is 0 Å². The zero-order chi connectivity index (χ0) is 29.1. The van der Waals surface area contributed by atoms with Crippen LogP contribution in [0.25, 0.3) is 0 Å². The highest BCUT2D eigenvalue weighted by atomic mass is 32.2. The molecule has 11 heteroatoms. The van der Waals surface area contributed by atoms with Crippen molar-refractivity contribution in [1.82, 2.24) is 0 Å². The Kier molecular flexibility index (Phi) is 8.26. The summed E-state index contributed by atoms with van der Waals surface area (Å²) in [7, 11) is -8.81. The average Bonchev–Trinajstić information content (AvgIpc) is 2.90. The van der Waals surface area contributed by atoms with Gasteiger partial charge in [0.05, 0.1) is 0 Å². The number of carbonyl (C=O) groups is 1. The van der Waals surface area contributed by atoms with Crippen LogP contribution < -0.4 is 13.1 Å². The Morgan fingerprint density at radius 1 is 0.700 bits per heavy atom. The first-order chi connectivity index (χ1) is 18.9. The van der Waals surface area contributed by atoms with Gasteiger partial charge in [0.25, 0.3) is 0 Å². The molecule has 4 aromatic rings. The number of hydrogen-bond acceptors (Lipinski definition) is 8. The zero-order valence-corrected chi connectivity index (χ0v) is 23.4. The molecular weight excluding hydrogens is 559 g/mol. The number of ether oxygens (including phenoxy) is 1. The van der Waals surface area contributed by atoms with Crippen molar-refractivity contribution in [3.8, 4) is 17.2 Å². The van der Waals surface area contributed by atoms with Crippen molar-refractivity contribution >= 4 is 26.5 Å². The maximum absolute atomic E-state index is 13.3. The number of hydrogen-bond donors (Lipinski definition) is 0. The van der Waals surface area contributed by atoms with Gasteiger partial charge < -0.3 is 13.1 Å². The fourth-order valence-corrected chi connectivity index (χ4v) is 5.58. The maximum Gasteiger partial charge on any atom is 0.339 e. The Morgan fingerprint density at radius 2 is 1.18 bits per heavy atom. The van der Waals surface area contributed by atoms with Crippen LogP contribution in [0.5, 0.6) is 17.2 Å². The largest absolute Gasteiger partial charge is 0.488 e. The van der Waals surface area contributed by atoms with E-state index in [0.29, 0.717) is 11.8 Å². The highest BCUT2D eigenvalue weighted by molar-refractivity contribution is 7.87. The molecule has 0 N–H and O–H groups in total. The van der Waals surface area contributed by atoms with Crippen molar-refractivity contribution in [2.75, 3.05) is 0 Å². The van der Waals surface area contributed by atoms with E-state index in [1.807, 2.05) is 0 Å². The summed E-state index contributed by atoms with van der Waals surface area (Å²) in [6, 6.07) is 18.1. The van der Waals surface area contributed by atoms with E-state index in [1.165, 1.54) is 55.5 Å². The third-order valence-corrected chi connectivity index (χ3v) is 8.41. The number of carbonyl (C=O) groups excluding carboxylic acids is 1. The van der Waals surface area contributed by atoms with Gasteiger partial charge in [-0.1, -0.05) is 47.5 Å². The zero-order valence-electron chi connectivity index (χ0n) is 21.8. The lowest BCUT2D eigenvalue weighted by atomic mass is 10.1. The number of halogens is 1. The summed E-state index contributed by atoms with van der Waals surface area (Å²) >= 11 is 0. The monoisotopic (exact) mass is 584 g/mol. The fraction of sp³-hybridized carbons (Fsp3) is 0.138. The molecule has 0 amide bonds. The van der Waals surface area contributed by atoms with E-state index in [-0.39, 0.29) is 39.0 Å². The number of aryl methyl sites for hydroxylation is 2. The van der Waals surface area contributed by atoms with Gasteiger partial charge in [-0.25, -0.2) is 4.39 Å². The van der Waals surface area contributed by atoms with Crippen LogP contribution in [0.2, 0.25) is 0 Å². The average molecular weight is 585 g/mol. The molecular formula is C29H25FO8S2. The van der Waals surface area contributed by atoms with Gasteiger partial charge in [-0.3, -0.25) is 4.79 Å². The van der Waals surface area contributed by atoms with Gasteiger partial charge in [0.15, 0.2) is 17.8 Å². The minimum atomic E-state index is -4.44. The van der Waals surface area contributed by atoms with Gasteiger partial charge in [0.1, 0.15) is 33.5 Å². The molecule has 0 aliphatic rings. The Bertz CT molecular complexity index is 1750. The molecule has 0 saturated heterocycles. The predicted molar refractivity (Wildman–Crippen MR) is 145 cm³/mol. The van der Waals surface area contributed by atoms with E-state index in [0.717, 1.165) is 17.2 Å². The minimum absolute atomic E-state index is 0.0972. The summed E-state index contributed by atoms with van der Waals surface area (Å²) in [5.74, 6) is -1.42. The first-order valence-corrected chi connectivity index (χ1v) is 14.7. The van der Waals surface area contributed by atoms with Crippen molar-refractivity contribution < 1.29 is 39.1 Å². The molecule has 4 aromatic carbocycles. The molecule has 0 spiro atoms. The van der Waals surface area contributed by atoms with Crippen LogP contribution in [0.3, 0.4) is 0 Å². The standard InChI is InChI=1S/C29H25FO8S2/c1-19-4-12-24(13-5-19)39(32,33)37-27-16-28(38-40(34,35)25-14-6-20(2)7-15-25)26(17-31)29(21(27)3)36-18-22-8-10-23(30)11-9-22/h4-17H,18H2,1-3H3. The normalized spacial score (nSPS) is 11.6. The molecule has 0 bridgehead atoms. The number of benzene rings is 4. The van der Waals surface area contributed by atoms with Gasteiger partial charge in [-0.05, 0) is 62.7 Å². The second kappa shape index (κ2) is 11.5. The van der Waals surface area contributed by atoms with E-state index < -0.39 is 31.8 Å². The topological polar surface area (TPSA) is 113 Å². The van der Waals surface area contributed by atoms with E-state index in [4.69, 9.17) is 13.1 Å². The third kappa shape index (κ3) is 6.49. The fourth-order valence-electron chi connectivity index (χ4n) is 3.66. The number of aldehydes is 1. The quantitative estimate of drug-likeness (QED) is 0.173. The van der Waals surface area contributed by atoms with Crippen LogP contribution in [0.15, 0.2) is 88.7 Å². The van der Waals surface area contributed by atoms with Crippen molar-refractivity contribution in [1.29, 1.82) is 0 Å². The predicted octanol–water partition coefficient (Wildman–Crippen LogP) is 5.68. The van der Waals surface area contributed by atoms with Gasteiger partial charge >= 0.3 is 20.2 Å².